The van der Waals surface area contributed by atoms with Gasteiger partial charge >= 0.3 is 0 Å². The van der Waals surface area contributed by atoms with E-state index in [1.165, 1.54) is 31.2 Å². The van der Waals surface area contributed by atoms with Crippen molar-refractivity contribution in [2.75, 3.05) is 19.4 Å². The van der Waals surface area contributed by atoms with Gasteiger partial charge in [0.05, 0.1) is 0 Å². The first-order valence-corrected chi connectivity index (χ1v) is 8.15. The largest absolute Gasteiger partial charge is 0.326 e. The molecule has 0 aliphatic carbocycles. The molecule has 1 aromatic carbocycles. The van der Waals surface area contributed by atoms with Gasteiger partial charge in [0.15, 0.2) is 0 Å². The maximum absolute atomic E-state index is 11.8. The lowest BCUT2D eigenvalue weighted by Crippen LogP contribution is -2.12. The number of anilines is 1. The fraction of sp³-hybridized carbons (Fsp3) is 0.611. The maximum atomic E-state index is 11.8. The van der Waals surface area contributed by atoms with E-state index in [2.05, 4.69) is 43.4 Å². The van der Waals surface area contributed by atoms with Crippen LogP contribution in [0.25, 0.3) is 0 Å². The van der Waals surface area contributed by atoms with Crippen molar-refractivity contribution in [3.8, 4) is 0 Å². The molecule has 1 N–H and O–H groups in total. The van der Waals surface area contributed by atoms with Gasteiger partial charge in [-0.3, -0.25) is 4.79 Å². The lowest BCUT2D eigenvalue weighted by Gasteiger charge is -2.10. The van der Waals surface area contributed by atoms with Gasteiger partial charge in [-0.15, -0.1) is 0 Å². The van der Waals surface area contributed by atoms with E-state index in [4.69, 9.17) is 0 Å². The first-order valence-electron chi connectivity index (χ1n) is 8.15. The highest BCUT2D eigenvalue weighted by molar-refractivity contribution is 5.90. The zero-order chi connectivity index (χ0) is 15.5. The minimum atomic E-state index is 0.130. The topological polar surface area (TPSA) is 32.3 Å². The van der Waals surface area contributed by atoms with Gasteiger partial charge < -0.3 is 10.2 Å². The fourth-order valence-electron chi connectivity index (χ4n) is 2.35. The highest BCUT2D eigenvalue weighted by Gasteiger charge is 2.02. The third-order valence-corrected chi connectivity index (χ3v) is 3.49. The van der Waals surface area contributed by atoms with Crippen LogP contribution >= 0.6 is 0 Å². The van der Waals surface area contributed by atoms with Crippen molar-refractivity contribution in [2.45, 2.75) is 58.4 Å². The summed E-state index contributed by atoms with van der Waals surface area (Å²) < 4.78 is 0. The molecule has 0 aliphatic rings. The second-order valence-electron chi connectivity index (χ2n) is 6.00. The van der Waals surface area contributed by atoms with E-state index in [0.29, 0.717) is 6.42 Å². The number of amides is 1. The smallest absolute Gasteiger partial charge is 0.224 e. The molecule has 3 nitrogen and oxygen atoms in total. The van der Waals surface area contributed by atoms with E-state index in [0.717, 1.165) is 25.1 Å². The number of unbranched alkanes of at least 4 members (excludes halogenated alkanes) is 5. The summed E-state index contributed by atoms with van der Waals surface area (Å²) >= 11 is 0. The highest BCUT2D eigenvalue weighted by atomic mass is 16.1. The van der Waals surface area contributed by atoms with Gasteiger partial charge in [-0.1, -0.05) is 51.2 Å². The molecule has 0 saturated carbocycles. The summed E-state index contributed by atoms with van der Waals surface area (Å²) in [7, 11) is 4.10. The van der Waals surface area contributed by atoms with Crippen molar-refractivity contribution in [1.82, 2.24) is 4.90 Å². The first kappa shape index (κ1) is 17.7. The summed E-state index contributed by atoms with van der Waals surface area (Å²) in [6, 6.07) is 8.11. The Kier molecular flexibility index (Phi) is 8.76. The maximum Gasteiger partial charge on any atom is 0.224 e. The van der Waals surface area contributed by atoms with Crippen LogP contribution in [0.4, 0.5) is 5.69 Å². The van der Waals surface area contributed by atoms with Crippen molar-refractivity contribution >= 4 is 11.6 Å². The Balaban J connectivity index is 2.21. The SMILES string of the molecule is CCCCCCCCC(=O)Nc1ccc(CN(C)C)cc1. The molecule has 0 fully saturated rings. The van der Waals surface area contributed by atoms with E-state index in [-0.39, 0.29) is 5.91 Å². The Hall–Kier alpha value is -1.35. The number of carbonyl (C=O) groups excluding carboxylic acids is 1. The second kappa shape index (κ2) is 10.4. The molecule has 0 aliphatic heterocycles. The molecule has 1 aromatic rings. The van der Waals surface area contributed by atoms with Crippen LogP contribution in [0, 0.1) is 0 Å². The van der Waals surface area contributed by atoms with Crippen molar-refractivity contribution in [2.24, 2.45) is 0 Å². The molecule has 0 unspecified atom stereocenters. The third-order valence-electron chi connectivity index (χ3n) is 3.49. The summed E-state index contributed by atoms with van der Waals surface area (Å²) in [5.41, 5.74) is 2.16. The van der Waals surface area contributed by atoms with Gasteiger partial charge in [0.2, 0.25) is 5.91 Å². The van der Waals surface area contributed by atoms with E-state index in [9.17, 15) is 4.79 Å². The second-order valence-corrected chi connectivity index (χ2v) is 6.00. The van der Waals surface area contributed by atoms with Gasteiger partial charge in [-0.25, -0.2) is 0 Å². The van der Waals surface area contributed by atoms with E-state index < -0.39 is 0 Å². The number of carbonyl (C=O) groups is 1. The van der Waals surface area contributed by atoms with Crippen LogP contribution in [0.1, 0.15) is 57.4 Å². The van der Waals surface area contributed by atoms with E-state index >= 15 is 0 Å². The molecule has 3 heteroatoms. The predicted octanol–water partition coefficient (Wildman–Crippen LogP) is 4.44. The van der Waals surface area contributed by atoms with Crippen LogP contribution < -0.4 is 5.32 Å². The van der Waals surface area contributed by atoms with Crippen LogP contribution in [0.2, 0.25) is 0 Å². The Bertz CT molecular complexity index is 398. The van der Waals surface area contributed by atoms with Gasteiger partial charge in [-0.05, 0) is 38.2 Å². The molecule has 21 heavy (non-hydrogen) atoms. The quantitative estimate of drug-likeness (QED) is 0.646. The number of nitrogens with one attached hydrogen (secondary N) is 1. The van der Waals surface area contributed by atoms with Crippen molar-refractivity contribution in [3.63, 3.8) is 0 Å². The molecule has 0 aromatic heterocycles. The van der Waals surface area contributed by atoms with Crippen LogP contribution in [-0.4, -0.2) is 24.9 Å². The monoisotopic (exact) mass is 290 g/mol. The van der Waals surface area contributed by atoms with Gasteiger partial charge in [0.1, 0.15) is 0 Å². The number of benzene rings is 1. The number of rotatable bonds is 10. The summed E-state index contributed by atoms with van der Waals surface area (Å²) in [6.07, 6.45) is 7.91. The number of nitrogens with zero attached hydrogens (tertiary/aromatic N) is 1. The molecule has 0 spiro atoms. The van der Waals surface area contributed by atoms with Crippen LogP contribution in [0.5, 0.6) is 0 Å². The van der Waals surface area contributed by atoms with E-state index in [1.54, 1.807) is 0 Å². The summed E-state index contributed by atoms with van der Waals surface area (Å²) in [5, 5.41) is 2.97. The third kappa shape index (κ3) is 8.51. The first-order chi connectivity index (χ1) is 10.1. The van der Waals surface area contributed by atoms with Crippen molar-refractivity contribution in [1.29, 1.82) is 0 Å². The summed E-state index contributed by atoms with van der Waals surface area (Å²) in [4.78, 5) is 14.0. The molecule has 0 bridgehead atoms. The number of hydrogen-bond acceptors (Lipinski definition) is 2. The Morgan fingerprint density at radius 3 is 2.24 bits per heavy atom. The Morgan fingerprint density at radius 2 is 1.62 bits per heavy atom. The fourth-order valence-corrected chi connectivity index (χ4v) is 2.35. The lowest BCUT2D eigenvalue weighted by molar-refractivity contribution is -0.116. The standard InChI is InChI=1S/C18H30N2O/c1-4-5-6-7-8-9-10-18(21)19-17-13-11-16(12-14-17)15-20(2)3/h11-14H,4-10,15H2,1-3H3,(H,19,21). The molecular formula is C18H30N2O. The molecule has 118 valence electrons. The minimum Gasteiger partial charge on any atom is -0.326 e. The molecule has 1 rings (SSSR count). The van der Waals surface area contributed by atoms with Gasteiger partial charge in [0.25, 0.3) is 0 Å². The average Bonchev–Trinajstić information content (AvgIpc) is 2.44. The molecular weight excluding hydrogens is 260 g/mol. The van der Waals surface area contributed by atoms with Crippen LogP contribution in [0.3, 0.4) is 0 Å². The molecule has 0 heterocycles. The van der Waals surface area contributed by atoms with Crippen molar-refractivity contribution in [3.05, 3.63) is 29.8 Å². The van der Waals surface area contributed by atoms with Crippen LogP contribution in [0.15, 0.2) is 24.3 Å². The average molecular weight is 290 g/mol. The predicted molar refractivity (Wildman–Crippen MR) is 90.5 cm³/mol. The van der Waals surface area contributed by atoms with Gasteiger partial charge in [0, 0.05) is 18.7 Å². The van der Waals surface area contributed by atoms with Crippen LogP contribution in [-0.2, 0) is 11.3 Å². The van der Waals surface area contributed by atoms with Crippen molar-refractivity contribution < 1.29 is 4.79 Å². The normalized spacial score (nSPS) is 10.9. The minimum absolute atomic E-state index is 0.130. The van der Waals surface area contributed by atoms with E-state index in [1.807, 2.05) is 12.1 Å². The molecule has 0 saturated heterocycles. The number of hydrogen-bond donors (Lipinski definition) is 1. The molecule has 0 atom stereocenters. The molecule has 1 amide bonds. The zero-order valence-corrected chi connectivity index (χ0v) is 13.8. The Morgan fingerprint density at radius 1 is 1.00 bits per heavy atom. The Labute approximate surface area is 129 Å². The molecule has 0 radical (unpaired) electrons. The lowest BCUT2D eigenvalue weighted by atomic mass is 10.1. The summed E-state index contributed by atoms with van der Waals surface area (Å²) in [5.74, 6) is 0.130. The highest BCUT2D eigenvalue weighted by Crippen LogP contribution is 2.12. The van der Waals surface area contributed by atoms with Gasteiger partial charge in [-0.2, -0.15) is 0 Å². The zero-order valence-electron chi connectivity index (χ0n) is 13.8. The summed E-state index contributed by atoms with van der Waals surface area (Å²) in [6.45, 7) is 3.14.